The lowest BCUT2D eigenvalue weighted by Gasteiger charge is -2.14. The molecule has 2 N–H and O–H groups in total. The van der Waals surface area contributed by atoms with Crippen molar-refractivity contribution in [1.29, 1.82) is 0 Å². The van der Waals surface area contributed by atoms with Crippen LogP contribution in [0.3, 0.4) is 0 Å². The molecule has 4 heteroatoms. The third kappa shape index (κ3) is 3.97. The van der Waals surface area contributed by atoms with Crippen LogP contribution in [0.4, 0.5) is 0 Å². The van der Waals surface area contributed by atoms with Crippen LogP contribution in [0.5, 0.6) is 11.5 Å². The standard InChI is InChI=1S/C13H18O3S/c1-8(2)9(3)17-7-13(16)10-4-5-11(14)12(15)6-10/h4-6,8-9,14-15H,7H2,1-3H3. The van der Waals surface area contributed by atoms with Crippen LogP contribution < -0.4 is 0 Å². The van der Waals surface area contributed by atoms with Crippen molar-refractivity contribution in [2.45, 2.75) is 26.0 Å². The van der Waals surface area contributed by atoms with Gasteiger partial charge in [-0.3, -0.25) is 4.79 Å². The van der Waals surface area contributed by atoms with Crippen LogP contribution in [0.1, 0.15) is 31.1 Å². The van der Waals surface area contributed by atoms with E-state index in [0.29, 0.717) is 22.5 Å². The van der Waals surface area contributed by atoms with Crippen molar-refractivity contribution in [3.05, 3.63) is 23.8 Å². The summed E-state index contributed by atoms with van der Waals surface area (Å²) < 4.78 is 0. The molecule has 0 radical (unpaired) electrons. The fraction of sp³-hybridized carbons (Fsp3) is 0.462. The highest BCUT2D eigenvalue weighted by Crippen LogP contribution is 2.26. The predicted molar refractivity (Wildman–Crippen MR) is 70.9 cm³/mol. The number of ketones is 1. The fourth-order valence-electron chi connectivity index (χ4n) is 1.18. The molecular weight excluding hydrogens is 236 g/mol. The van der Waals surface area contributed by atoms with Crippen LogP contribution in [0.2, 0.25) is 0 Å². The lowest BCUT2D eigenvalue weighted by atomic mass is 10.1. The van der Waals surface area contributed by atoms with Crippen LogP contribution >= 0.6 is 11.8 Å². The molecule has 1 rings (SSSR count). The van der Waals surface area contributed by atoms with Gasteiger partial charge in [-0.15, -0.1) is 0 Å². The minimum atomic E-state index is -0.252. The van der Waals surface area contributed by atoms with Crippen LogP contribution in [0.25, 0.3) is 0 Å². The Labute approximate surface area is 106 Å². The van der Waals surface area contributed by atoms with Gasteiger partial charge in [0.1, 0.15) is 0 Å². The highest BCUT2D eigenvalue weighted by Gasteiger charge is 2.13. The van der Waals surface area contributed by atoms with Gasteiger partial charge >= 0.3 is 0 Å². The molecule has 0 amide bonds. The van der Waals surface area contributed by atoms with E-state index in [2.05, 4.69) is 20.8 Å². The smallest absolute Gasteiger partial charge is 0.172 e. The maximum Gasteiger partial charge on any atom is 0.172 e. The molecule has 0 fully saturated rings. The summed E-state index contributed by atoms with van der Waals surface area (Å²) in [5, 5.41) is 18.9. The normalized spacial score (nSPS) is 12.7. The molecule has 0 aliphatic rings. The van der Waals surface area contributed by atoms with Gasteiger partial charge in [0.2, 0.25) is 0 Å². The van der Waals surface area contributed by atoms with Crippen molar-refractivity contribution < 1.29 is 15.0 Å². The Morgan fingerprint density at radius 3 is 2.41 bits per heavy atom. The zero-order valence-electron chi connectivity index (χ0n) is 10.3. The van der Waals surface area contributed by atoms with E-state index in [0.717, 1.165) is 0 Å². The quantitative estimate of drug-likeness (QED) is 0.626. The lowest BCUT2D eigenvalue weighted by Crippen LogP contribution is -2.11. The second-order valence-electron chi connectivity index (χ2n) is 4.39. The predicted octanol–water partition coefficient (Wildman–Crippen LogP) is 3.06. The van der Waals surface area contributed by atoms with Crippen molar-refractivity contribution in [3.8, 4) is 11.5 Å². The van der Waals surface area contributed by atoms with Gasteiger partial charge in [-0.05, 0) is 24.1 Å². The Kier molecular flexibility index (Phi) is 4.87. The van der Waals surface area contributed by atoms with Crippen LogP contribution in [0, 0.1) is 5.92 Å². The number of benzene rings is 1. The summed E-state index contributed by atoms with van der Waals surface area (Å²) in [7, 11) is 0. The number of Topliss-reactive ketones (excluding diaryl/α,β-unsaturated/α-hetero) is 1. The molecule has 0 saturated carbocycles. The SMILES string of the molecule is CC(C)C(C)SCC(=O)c1ccc(O)c(O)c1. The monoisotopic (exact) mass is 254 g/mol. The molecule has 94 valence electrons. The summed E-state index contributed by atoms with van der Waals surface area (Å²) in [4.78, 5) is 11.8. The highest BCUT2D eigenvalue weighted by atomic mass is 32.2. The van der Waals surface area contributed by atoms with E-state index in [1.54, 1.807) is 11.8 Å². The molecule has 0 aromatic heterocycles. The molecule has 1 atom stereocenters. The Bertz CT molecular complexity index is 402. The second kappa shape index (κ2) is 5.96. The van der Waals surface area contributed by atoms with Gasteiger partial charge in [0.05, 0.1) is 5.75 Å². The van der Waals surface area contributed by atoms with Crippen molar-refractivity contribution >= 4 is 17.5 Å². The maximum atomic E-state index is 11.8. The highest BCUT2D eigenvalue weighted by molar-refractivity contribution is 8.00. The van der Waals surface area contributed by atoms with E-state index in [4.69, 9.17) is 5.11 Å². The number of rotatable bonds is 5. The molecule has 0 bridgehead atoms. The van der Waals surface area contributed by atoms with Gasteiger partial charge < -0.3 is 10.2 Å². The average molecular weight is 254 g/mol. The summed E-state index contributed by atoms with van der Waals surface area (Å²) in [5.41, 5.74) is 0.434. The van der Waals surface area contributed by atoms with Gasteiger partial charge in [0.15, 0.2) is 17.3 Å². The van der Waals surface area contributed by atoms with Gasteiger partial charge in [0.25, 0.3) is 0 Å². The number of carbonyl (C=O) groups excluding carboxylic acids is 1. The Morgan fingerprint density at radius 1 is 1.24 bits per heavy atom. The number of phenolic OH excluding ortho intramolecular Hbond substituents is 2. The second-order valence-corrected chi connectivity index (χ2v) is 5.75. The molecule has 3 nitrogen and oxygen atoms in total. The van der Waals surface area contributed by atoms with Crippen LogP contribution in [0.15, 0.2) is 18.2 Å². The van der Waals surface area contributed by atoms with Gasteiger partial charge in [-0.2, -0.15) is 11.8 Å². The van der Waals surface area contributed by atoms with Gasteiger partial charge in [0, 0.05) is 10.8 Å². The number of aromatic hydroxyl groups is 2. The minimum absolute atomic E-state index is 0.0298. The van der Waals surface area contributed by atoms with Crippen LogP contribution in [-0.2, 0) is 0 Å². The zero-order chi connectivity index (χ0) is 13.0. The van der Waals surface area contributed by atoms with E-state index < -0.39 is 0 Å². The first-order valence-electron chi connectivity index (χ1n) is 5.58. The van der Waals surface area contributed by atoms with Crippen molar-refractivity contribution in [2.75, 3.05) is 5.75 Å². The Hall–Kier alpha value is -1.16. The molecule has 0 aliphatic carbocycles. The van der Waals surface area contributed by atoms with Crippen molar-refractivity contribution in [3.63, 3.8) is 0 Å². The van der Waals surface area contributed by atoms with E-state index in [9.17, 15) is 9.90 Å². The van der Waals surface area contributed by atoms with E-state index in [1.165, 1.54) is 18.2 Å². The van der Waals surface area contributed by atoms with Gasteiger partial charge in [-0.1, -0.05) is 20.8 Å². The van der Waals surface area contributed by atoms with Gasteiger partial charge in [-0.25, -0.2) is 0 Å². The summed E-state index contributed by atoms with van der Waals surface area (Å²) in [5.74, 6) is 0.435. The topological polar surface area (TPSA) is 57.5 Å². The molecule has 0 spiro atoms. The Balaban J connectivity index is 2.61. The lowest BCUT2D eigenvalue weighted by molar-refractivity contribution is 0.102. The molecule has 0 saturated heterocycles. The summed E-state index contributed by atoms with van der Waals surface area (Å²) >= 11 is 1.60. The van der Waals surface area contributed by atoms with Crippen molar-refractivity contribution in [1.82, 2.24) is 0 Å². The molecular formula is C13H18O3S. The number of phenols is 2. The third-order valence-corrected chi connectivity index (χ3v) is 4.21. The first-order chi connectivity index (χ1) is 7.91. The van der Waals surface area contributed by atoms with E-state index in [1.807, 2.05) is 0 Å². The molecule has 17 heavy (non-hydrogen) atoms. The molecule has 1 aromatic rings. The summed E-state index contributed by atoms with van der Waals surface area (Å²) in [6.07, 6.45) is 0. The molecule has 1 aromatic carbocycles. The number of hydrogen-bond acceptors (Lipinski definition) is 4. The average Bonchev–Trinajstić information content (AvgIpc) is 2.28. The third-order valence-electron chi connectivity index (χ3n) is 2.71. The van der Waals surface area contributed by atoms with Crippen molar-refractivity contribution in [2.24, 2.45) is 5.92 Å². The minimum Gasteiger partial charge on any atom is -0.504 e. The molecule has 0 heterocycles. The first-order valence-corrected chi connectivity index (χ1v) is 6.63. The van der Waals surface area contributed by atoms with E-state index >= 15 is 0 Å². The van der Waals surface area contributed by atoms with E-state index in [-0.39, 0.29) is 17.3 Å². The molecule has 0 aliphatic heterocycles. The first kappa shape index (κ1) is 13.9. The summed E-state index contributed by atoms with van der Waals surface area (Å²) in [6, 6.07) is 4.16. The maximum absolute atomic E-state index is 11.8. The fourth-order valence-corrected chi connectivity index (χ4v) is 2.15. The zero-order valence-corrected chi connectivity index (χ0v) is 11.1. The largest absolute Gasteiger partial charge is 0.504 e. The Morgan fingerprint density at radius 2 is 1.88 bits per heavy atom. The number of carbonyl (C=O) groups is 1. The molecule has 1 unspecified atom stereocenters. The summed E-state index contributed by atoms with van der Waals surface area (Å²) in [6.45, 7) is 6.33. The number of thioether (sulfide) groups is 1. The van der Waals surface area contributed by atoms with Crippen LogP contribution in [-0.4, -0.2) is 27.0 Å². The number of hydrogen-bond donors (Lipinski definition) is 2.